The van der Waals surface area contributed by atoms with E-state index < -0.39 is 0 Å². The molecule has 2 aromatic carbocycles. The van der Waals surface area contributed by atoms with Crippen molar-refractivity contribution in [3.8, 4) is 5.75 Å². The van der Waals surface area contributed by atoms with Gasteiger partial charge in [0.15, 0.2) is 0 Å². The van der Waals surface area contributed by atoms with Crippen LogP contribution in [0.25, 0.3) is 10.9 Å². The molecule has 1 aliphatic heterocycles. The number of rotatable bonds is 7. The molecule has 1 fully saturated rings. The van der Waals surface area contributed by atoms with Gasteiger partial charge in [-0.25, -0.2) is 0 Å². The van der Waals surface area contributed by atoms with Gasteiger partial charge in [0.25, 0.3) is 5.56 Å². The normalized spacial score (nSPS) is 16.1. The van der Waals surface area contributed by atoms with Crippen LogP contribution in [-0.4, -0.2) is 37.8 Å². The first-order valence-corrected chi connectivity index (χ1v) is 11.0. The molecule has 2 N–H and O–H groups in total. The molecule has 7 nitrogen and oxygen atoms in total. The summed E-state index contributed by atoms with van der Waals surface area (Å²) in [5.41, 5.74) is 3.32. The van der Waals surface area contributed by atoms with Gasteiger partial charge >= 0.3 is 5.97 Å². The van der Waals surface area contributed by atoms with Crippen LogP contribution in [0.15, 0.2) is 53.3 Å². The quantitative estimate of drug-likeness (QED) is 0.547. The Labute approximate surface area is 187 Å². The molecule has 0 aliphatic carbocycles. The number of pyridine rings is 1. The van der Waals surface area contributed by atoms with Crippen molar-refractivity contribution in [3.63, 3.8) is 0 Å². The highest BCUT2D eigenvalue weighted by Crippen LogP contribution is 2.25. The molecule has 168 valence electrons. The van der Waals surface area contributed by atoms with E-state index in [9.17, 15) is 9.59 Å². The smallest absolute Gasteiger partial charge is 0.310 e. The average molecular weight is 436 g/mol. The summed E-state index contributed by atoms with van der Waals surface area (Å²) in [5.74, 6) is 0.539. The summed E-state index contributed by atoms with van der Waals surface area (Å²) in [5, 5.41) is 4.28. The number of H-pyrrole nitrogens is 1. The fourth-order valence-corrected chi connectivity index (χ4v) is 4.14. The molecule has 1 atom stereocenters. The number of nitrogens with zero attached hydrogens (tertiary/aromatic N) is 1. The second kappa shape index (κ2) is 9.77. The third-order valence-corrected chi connectivity index (χ3v) is 5.89. The molecule has 1 aliphatic rings. The van der Waals surface area contributed by atoms with Crippen LogP contribution in [0.2, 0.25) is 0 Å². The fraction of sp³-hybridized carbons (Fsp3) is 0.360. The second-order valence-corrected chi connectivity index (χ2v) is 8.01. The molecule has 2 heterocycles. The van der Waals surface area contributed by atoms with E-state index in [1.54, 1.807) is 7.11 Å². The Morgan fingerprint density at radius 2 is 2.00 bits per heavy atom. The zero-order valence-electron chi connectivity index (χ0n) is 18.5. The maximum Gasteiger partial charge on any atom is 0.310 e. The van der Waals surface area contributed by atoms with Crippen LogP contribution >= 0.6 is 0 Å². The van der Waals surface area contributed by atoms with Gasteiger partial charge in [0.2, 0.25) is 0 Å². The first kappa shape index (κ1) is 21.7. The van der Waals surface area contributed by atoms with E-state index in [0.717, 1.165) is 41.7 Å². The van der Waals surface area contributed by atoms with Crippen LogP contribution < -0.4 is 20.5 Å². The van der Waals surface area contributed by atoms with Crippen molar-refractivity contribution in [1.82, 2.24) is 4.98 Å². The summed E-state index contributed by atoms with van der Waals surface area (Å²) in [6.45, 7) is 4.30. The number of esters is 1. The second-order valence-electron chi connectivity index (χ2n) is 8.01. The Kier molecular flexibility index (Phi) is 6.63. The lowest BCUT2D eigenvalue weighted by atomic mass is 9.97. The van der Waals surface area contributed by atoms with E-state index in [0.29, 0.717) is 31.0 Å². The molecule has 4 rings (SSSR count). The Morgan fingerprint density at radius 1 is 1.19 bits per heavy atom. The molecular weight excluding hydrogens is 406 g/mol. The van der Waals surface area contributed by atoms with Crippen molar-refractivity contribution >= 4 is 28.2 Å². The monoisotopic (exact) mass is 435 g/mol. The van der Waals surface area contributed by atoms with Gasteiger partial charge in [-0.1, -0.05) is 0 Å². The fourth-order valence-electron chi connectivity index (χ4n) is 4.14. The van der Waals surface area contributed by atoms with Crippen LogP contribution in [0.3, 0.4) is 0 Å². The summed E-state index contributed by atoms with van der Waals surface area (Å²) in [4.78, 5) is 29.7. The van der Waals surface area contributed by atoms with Crippen molar-refractivity contribution in [2.24, 2.45) is 5.92 Å². The number of hydrogen-bond donors (Lipinski definition) is 2. The Bertz CT molecular complexity index is 1140. The molecule has 1 aromatic heterocycles. The van der Waals surface area contributed by atoms with Gasteiger partial charge in [-0.15, -0.1) is 0 Å². The van der Waals surface area contributed by atoms with E-state index in [4.69, 9.17) is 9.47 Å². The number of carbonyl (C=O) groups excluding carboxylic acids is 1. The third-order valence-electron chi connectivity index (χ3n) is 5.89. The molecule has 32 heavy (non-hydrogen) atoms. The summed E-state index contributed by atoms with van der Waals surface area (Å²) in [7, 11) is 1.60. The summed E-state index contributed by atoms with van der Waals surface area (Å²) >= 11 is 0. The molecular formula is C25H29N3O4. The molecule has 1 saturated heterocycles. The van der Waals surface area contributed by atoms with Gasteiger partial charge in [-0.05, 0) is 67.6 Å². The molecule has 0 bridgehead atoms. The molecule has 0 unspecified atom stereocenters. The van der Waals surface area contributed by atoms with Crippen LogP contribution in [0, 0.1) is 5.92 Å². The number of anilines is 2. The largest absolute Gasteiger partial charge is 0.497 e. The average Bonchev–Trinajstić information content (AvgIpc) is 2.83. The lowest BCUT2D eigenvalue weighted by Crippen LogP contribution is -2.39. The first-order chi connectivity index (χ1) is 15.6. The van der Waals surface area contributed by atoms with Gasteiger partial charge in [0, 0.05) is 42.6 Å². The van der Waals surface area contributed by atoms with Gasteiger partial charge in [-0.2, -0.15) is 0 Å². The summed E-state index contributed by atoms with van der Waals surface area (Å²) < 4.78 is 10.4. The number of carbonyl (C=O) groups is 1. The summed E-state index contributed by atoms with van der Waals surface area (Å²) in [6, 6.07) is 15.6. The van der Waals surface area contributed by atoms with Crippen molar-refractivity contribution in [3.05, 3.63) is 64.4 Å². The molecule has 3 aromatic rings. The molecule has 7 heteroatoms. The number of nitrogens with one attached hydrogen (secondary N) is 2. The Morgan fingerprint density at radius 3 is 2.75 bits per heavy atom. The summed E-state index contributed by atoms with van der Waals surface area (Å²) in [6.07, 6.45) is 1.85. The van der Waals surface area contributed by atoms with E-state index in [-0.39, 0.29) is 17.4 Å². The SMILES string of the molecule is CCOC(=O)[C@H]1CCCN(c2ccc(NCc3cc4ccc(OC)cc4[nH]c3=O)cc2)C1. The number of fused-ring (bicyclic) bond motifs is 1. The highest BCUT2D eigenvalue weighted by molar-refractivity contribution is 5.80. The van der Waals surface area contributed by atoms with Gasteiger partial charge in [-0.3, -0.25) is 9.59 Å². The zero-order chi connectivity index (χ0) is 22.5. The minimum absolute atomic E-state index is 0.0684. The number of ether oxygens (including phenoxy) is 2. The van der Waals surface area contributed by atoms with Crippen molar-refractivity contribution in [2.75, 3.05) is 37.0 Å². The molecule has 0 saturated carbocycles. The Hall–Kier alpha value is -3.48. The number of benzene rings is 2. The molecule has 0 amide bonds. The number of hydrogen-bond acceptors (Lipinski definition) is 6. The lowest BCUT2D eigenvalue weighted by Gasteiger charge is -2.33. The van der Waals surface area contributed by atoms with Crippen molar-refractivity contribution in [2.45, 2.75) is 26.3 Å². The van der Waals surface area contributed by atoms with Gasteiger partial charge in [0.05, 0.1) is 25.2 Å². The Balaban J connectivity index is 1.40. The molecule has 0 radical (unpaired) electrons. The topological polar surface area (TPSA) is 83.7 Å². The van der Waals surface area contributed by atoms with Gasteiger partial charge < -0.3 is 24.7 Å². The number of aromatic nitrogens is 1. The van der Waals surface area contributed by atoms with E-state index in [1.165, 1.54) is 0 Å². The zero-order valence-corrected chi connectivity index (χ0v) is 18.5. The van der Waals surface area contributed by atoms with Crippen LogP contribution in [-0.2, 0) is 16.1 Å². The van der Waals surface area contributed by atoms with Crippen molar-refractivity contribution in [1.29, 1.82) is 0 Å². The van der Waals surface area contributed by atoms with E-state index in [2.05, 4.69) is 15.2 Å². The predicted octanol–water partition coefficient (Wildman–Crippen LogP) is 3.93. The standard InChI is InChI=1S/C25H29N3O4/c1-3-32-25(30)18-5-4-12-28(16-18)21-9-7-20(8-10-21)26-15-19-13-17-6-11-22(31-2)14-23(17)27-24(19)29/h6-11,13-14,18,26H,3-5,12,15-16H2,1-2H3,(H,27,29)/t18-/m0/s1. The van der Waals surface area contributed by atoms with Crippen molar-refractivity contribution < 1.29 is 14.3 Å². The lowest BCUT2D eigenvalue weighted by molar-refractivity contribution is -0.148. The van der Waals surface area contributed by atoms with Crippen LogP contribution in [0.1, 0.15) is 25.3 Å². The maximum absolute atomic E-state index is 12.5. The van der Waals surface area contributed by atoms with Crippen LogP contribution in [0.5, 0.6) is 5.75 Å². The minimum Gasteiger partial charge on any atom is -0.497 e. The van der Waals surface area contributed by atoms with E-state index >= 15 is 0 Å². The highest BCUT2D eigenvalue weighted by atomic mass is 16.5. The van der Waals surface area contributed by atoms with Gasteiger partial charge in [0.1, 0.15) is 5.75 Å². The third kappa shape index (κ3) is 4.88. The minimum atomic E-state index is -0.117. The first-order valence-electron chi connectivity index (χ1n) is 11.0. The number of piperidine rings is 1. The molecule has 0 spiro atoms. The predicted molar refractivity (Wildman–Crippen MR) is 126 cm³/mol. The van der Waals surface area contributed by atoms with E-state index in [1.807, 2.05) is 55.5 Å². The van der Waals surface area contributed by atoms with Crippen LogP contribution in [0.4, 0.5) is 11.4 Å². The number of aromatic amines is 1. The number of methoxy groups -OCH3 is 1. The highest BCUT2D eigenvalue weighted by Gasteiger charge is 2.26. The maximum atomic E-state index is 12.5.